The first-order valence-corrected chi connectivity index (χ1v) is 12.1. The van der Waals surface area contributed by atoms with Crippen LogP contribution in [-0.2, 0) is 9.53 Å². The minimum absolute atomic E-state index is 0.297. The number of aliphatic carboxylic acids is 1. The van der Waals surface area contributed by atoms with E-state index in [1.807, 2.05) is 68.6 Å². The van der Waals surface area contributed by atoms with Gasteiger partial charge in [0.25, 0.3) is 0 Å². The van der Waals surface area contributed by atoms with Crippen LogP contribution in [0, 0.1) is 12.3 Å². The molecular weight excluding hydrogens is 428 g/mol. The monoisotopic (exact) mass is 464 g/mol. The van der Waals surface area contributed by atoms with Crippen molar-refractivity contribution in [2.24, 2.45) is 5.41 Å². The number of carbonyl (C=O) groups is 1. The Bertz CT molecular complexity index is 1170. The number of fused-ring (bicyclic) bond motifs is 1. The third kappa shape index (κ3) is 4.80. The number of hydrogen-bond donors (Lipinski definition) is 1. The number of ether oxygens (including phenoxy) is 1. The summed E-state index contributed by atoms with van der Waals surface area (Å²) < 4.78 is 7.91. The number of aryl methyl sites for hydroxylation is 1. The van der Waals surface area contributed by atoms with Gasteiger partial charge in [-0.2, -0.15) is 9.61 Å². The lowest BCUT2D eigenvalue weighted by atomic mass is 9.78. The largest absolute Gasteiger partial charge is 0.479 e. The molecule has 3 aromatic rings. The molecule has 0 bridgehead atoms. The molecule has 7 heteroatoms. The predicted octanol–water partition coefficient (Wildman–Crippen LogP) is 5.66. The zero-order valence-electron chi connectivity index (χ0n) is 21.1. The molecule has 4 rings (SSSR count). The molecule has 182 valence electrons. The third-order valence-electron chi connectivity index (χ3n) is 6.96. The van der Waals surface area contributed by atoms with Crippen LogP contribution in [0.1, 0.15) is 71.2 Å². The van der Waals surface area contributed by atoms with Gasteiger partial charge in [0.05, 0.1) is 16.9 Å². The fraction of sp³-hybridized carbons (Fsp3) is 0.519. The summed E-state index contributed by atoms with van der Waals surface area (Å²) in [7, 11) is 0. The first-order valence-electron chi connectivity index (χ1n) is 12.1. The van der Waals surface area contributed by atoms with E-state index in [-0.39, 0.29) is 0 Å². The molecule has 1 fully saturated rings. The Hall–Kier alpha value is -2.93. The van der Waals surface area contributed by atoms with E-state index < -0.39 is 17.7 Å². The molecule has 2 aromatic heterocycles. The van der Waals surface area contributed by atoms with E-state index >= 15 is 0 Å². The molecule has 1 aliphatic rings. The molecule has 1 aromatic carbocycles. The molecule has 0 saturated carbocycles. The summed E-state index contributed by atoms with van der Waals surface area (Å²) >= 11 is 0. The van der Waals surface area contributed by atoms with Gasteiger partial charge in [0, 0.05) is 30.4 Å². The maximum absolute atomic E-state index is 12.5. The molecule has 1 saturated heterocycles. The molecule has 34 heavy (non-hydrogen) atoms. The van der Waals surface area contributed by atoms with Gasteiger partial charge >= 0.3 is 5.97 Å². The van der Waals surface area contributed by atoms with Crippen LogP contribution < -0.4 is 4.90 Å². The first-order chi connectivity index (χ1) is 16.0. The molecule has 1 aliphatic heterocycles. The molecular formula is C27H36N4O3. The van der Waals surface area contributed by atoms with Crippen molar-refractivity contribution in [3.8, 4) is 11.3 Å². The molecule has 0 radical (unpaired) electrons. The third-order valence-corrected chi connectivity index (χ3v) is 6.96. The van der Waals surface area contributed by atoms with E-state index in [4.69, 9.17) is 14.8 Å². The van der Waals surface area contributed by atoms with Gasteiger partial charge in [-0.3, -0.25) is 0 Å². The number of hydrogen-bond acceptors (Lipinski definition) is 5. The number of piperidine rings is 1. The topological polar surface area (TPSA) is 80.0 Å². The van der Waals surface area contributed by atoms with Crippen LogP contribution in [0.4, 0.5) is 5.82 Å². The lowest BCUT2D eigenvalue weighted by molar-refractivity contribution is -0.160. The second-order valence-corrected chi connectivity index (χ2v) is 10.7. The Morgan fingerprint density at radius 3 is 2.41 bits per heavy atom. The highest BCUT2D eigenvalue weighted by molar-refractivity contribution is 5.79. The maximum atomic E-state index is 12.5. The highest BCUT2D eigenvalue weighted by Crippen LogP contribution is 2.40. The highest BCUT2D eigenvalue weighted by atomic mass is 16.5. The normalized spacial score (nSPS) is 17.2. The lowest BCUT2D eigenvalue weighted by Crippen LogP contribution is -2.41. The Labute approximate surface area is 201 Å². The average molecular weight is 465 g/mol. The van der Waals surface area contributed by atoms with Crippen molar-refractivity contribution in [1.29, 1.82) is 0 Å². The van der Waals surface area contributed by atoms with Crippen LogP contribution in [0.5, 0.6) is 0 Å². The fourth-order valence-electron chi connectivity index (χ4n) is 4.67. The molecule has 0 aliphatic carbocycles. The number of carboxylic acid groups (broad SMARTS) is 1. The fourth-order valence-corrected chi connectivity index (χ4v) is 4.67. The Morgan fingerprint density at radius 1 is 1.21 bits per heavy atom. The molecule has 0 spiro atoms. The van der Waals surface area contributed by atoms with Crippen LogP contribution >= 0.6 is 0 Å². The predicted molar refractivity (Wildman–Crippen MR) is 134 cm³/mol. The number of benzene rings is 1. The van der Waals surface area contributed by atoms with Gasteiger partial charge in [-0.1, -0.05) is 50.6 Å². The minimum atomic E-state index is -1.14. The zero-order chi connectivity index (χ0) is 24.7. The number of rotatable bonds is 6. The van der Waals surface area contributed by atoms with E-state index in [2.05, 4.69) is 18.7 Å². The van der Waals surface area contributed by atoms with Crippen molar-refractivity contribution in [3.05, 3.63) is 47.7 Å². The molecule has 0 amide bonds. The van der Waals surface area contributed by atoms with Crippen molar-refractivity contribution in [1.82, 2.24) is 14.6 Å². The van der Waals surface area contributed by atoms with E-state index in [0.717, 1.165) is 49.4 Å². The summed E-state index contributed by atoms with van der Waals surface area (Å²) in [5.41, 5.74) is 3.41. The number of anilines is 1. The summed E-state index contributed by atoms with van der Waals surface area (Å²) in [4.78, 5) is 19.5. The van der Waals surface area contributed by atoms with Gasteiger partial charge in [-0.15, -0.1) is 0 Å². The number of nitrogens with zero attached hydrogens (tertiary/aromatic N) is 4. The standard InChI is InChI=1S/C27H36N4O3/c1-7-27(6)13-15-30(16-14-27)24-22(23(25(32)33)34-26(3,4)5)18(2)28-21-17-20(29-31(21)24)19-11-9-8-10-12-19/h8-12,17,23H,7,13-16H2,1-6H3,(H,32,33). The van der Waals surface area contributed by atoms with Gasteiger partial charge in [0.15, 0.2) is 11.8 Å². The molecule has 7 nitrogen and oxygen atoms in total. The summed E-state index contributed by atoms with van der Waals surface area (Å²) in [5.74, 6) is -0.245. The van der Waals surface area contributed by atoms with Crippen molar-refractivity contribution < 1.29 is 14.6 Å². The number of aromatic nitrogens is 3. The van der Waals surface area contributed by atoms with E-state index in [1.165, 1.54) is 0 Å². The second-order valence-electron chi connectivity index (χ2n) is 10.7. The van der Waals surface area contributed by atoms with Gasteiger partial charge in [-0.25, -0.2) is 9.78 Å². The quantitative estimate of drug-likeness (QED) is 0.507. The zero-order valence-corrected chi connectivity index (χ0v) is 21.1. The smallest absolute Gasteiger partial charge is 0.337 e. The molecule has 1 atom stereocenters. The van der Waals surface area contributed by atoms with Crippen LogP contribution in [0.15, 0.2) is 36.4 Å². The van der Waals surface area contributed by atoms with Gasteiger partial charge in [0.1, 0.15) is 5.82 Å². The van der Waals surface area contributed by atoms with Crippen LogP contribution in [0.3, 0.4) is 0 Å². The first kappa shape index (κ1) is 24.2. The maximum Gasteiger partial charge on any atom is 0.337 e. The van der Waals surface area contributed by atoms with Crippen LogP contribution in [0.25, 0.3) is 16.9 Å². The average Bonchev–Trinajstić information content (AvgIpc) is 3.21. The van der Waals surface area contributed by atoms with E-state index in [1.54, 1.807) is 0 Å². The lowest BCUT2D eigenvalue weighted by Gasteiger charge is -2.41. The summed E-state index contributed by atoms with van der Waals surface area (Å²) in [6, 6.07) is 12.0. The van der Waals surface area contributed by atoms with Crippen molar-refractivity contribution >= 4 is 17.4 Å². The molecule has 1 N–H and O–H groups in total. The van der Waals surface area contributed by atoms with Gasteiger partial charge in [-0.05, 0) is 46.0 Å². The second kappa shape index (κ2) is 9.02. The van der Waals surface area contributed by atoms with Gasteiger partial charge < -0.3 is 14.7 Å². The van der Waals surface area contributed by atoms with E-state index in [9.17, 15) is 9.90 Å². The van der Waals surface area contributed by atoms with Crippen molar-refractivity contribution in [2.45, 2.75) is 72.5 Å². The highest BCUT2D eigenvalue weighted by Gasteiger charge is 2.36. The summed E-state index contributed by atoms with van der Waals surface area (Å²) in [6.45, 7) is 13.7. The molecule has 3 heterocycles. The number of carboxylic acids is 1. The Kier molecular flexibility index (Phi) is 6.42. The Morgan fingerprint density at radius 2 is 1.85 bits per heavy atom. The van der Waals surface area contributed by atoms with E-state index in [0.29, 0.717) is 22.3 Å². The summed E-state index contributed by atoms with van der Waals surface area (Å²) in [6.07, 6.45) is 2.06. The van der Waals surface area contributed by atoms with Crippen molar-refractivity contribution in [2.75, 3.05) is 18.0 Å². The Balaban J connectivity index is 1.92. The van der Waals surface area contributed by atoms with Crippen LogP contribution in [0.2, 0.25) is 0 Å². The summed E-state index contributed by atoms with van der Waals surface area (Å²) in [5, 5.41) is 15.1. The van der Waals surface area contributed by atoms with Gasteiger partial charge in [0.2, 0.25) is 0 Å². The van der Waals surface area contributed by atoms with Crippen LogP contribution in [-0.4, -0.2) is 44.4 Å². The van der Waals surface area contributed by atoms with Crippen molar-refractivity contribution in [3.63, 3.8) is 0 Å². The molecule has 1 unspecified atom stereocenters. The SMILES string of the molecule is CCC1(C)CCN(c2c(C(OC(C)(C)C)C(=O)O)c(C)nc3cc(-c4ccccc4)nn23)CC1. The minimum Gasteiger partial charge on any atom is -0.479 e.